The van der Waals surface area contributed by atoms with Crippen molar-refractivity contribution in [1.29, 1.82) is 0 Å². The fourth-order valence-electron chi connectivity index (χ4n) is 2.75. The topological polar surface area (TPSA) is 79.0 Å². The van der Waals surface area contributed by atoms with E-state index in [4.69, 9.17) is 0 Å². The number of rotatable bonds is 7. The van der Waals surface area contributed by atoms with Crippen molar-refractivity contribution in [2.75, 3.05) is 17.3 Å². The first-order valence-corrected chi connectivity index (χ1v) is 10.1. The van der Waals surface area contributed by atoms with Gasteiger partial charge in [-0.25, -0.2) is 9.78 Å². The van der Waals surface area contributed by atoms with Crippen LogP contribution >= 0.6 is 11.8 Å². The van der Waals surface area contributed by atoms with Gasteiger partial charge in [0.2, 0.25) is 0 Å². The minimum atomic E-state index is -4.80. The van der Waals surface area contributed by atoms with Crippen LogP contribution in [0.15, 0.2) is 48.5 Å². The highest BCUT2D eigenvalue weighted by Gasteiger charge is 2.31. The quantitative estimate of drug-likeness (QED) is 0.494. The number of nitrogens with one attached hydrogen (secondary N) is 3. The molecule has 10 heteroatoms. The number of anilines is 1. The van der Waals surface area contributed by atoms with E-state index in [9.17, 15) is 18.0 Å². The van der Waals surface area contributed by atoms with Crippen LogP contribution in [0.4, 0.5) is 23.7 Å². The predicted octanol–water partition coefficient (Wildman–Crippen LogP) is 5.08. The Balaban J connectivity index is 1.71. The van der Waals surface area contributed by atoms with Gasteiger partial charge < -0.3 is 20.4 Å². The van der Waals surface area contributed by atoms with Crippen LogP contribution in [0, 0.1) is 0 Å². The second kappa shape index (κ2) is 9.08. The summed E-state index contributed by atoms with van der Waals surface area (Å²) in [6, 6.07) is 11.7. The summed E-state index contributed by atoms with van der Waals surface area (Å²) in [5.41, 5.74) is 1.82. The van der Waals surface area contributed by atoms with Crippen molar-refractivity contribution in [2.45, 2.75) is 18.8 Å². The van der Waals surface area contributed by atoms with Crippen LogP contribution in [0.3, 0.4) is 0 Å². The van der Waals surface area contributed by atoms with E-state index in [1.165, 1.54) is 12.1 Å². The third-order valence-corrected chi connectivity index (χ3v) is 4.62. The molecular weight excluding hydrogens is 405 g/mol. The molecule has 0 fully saturated rings. The summed E-state index contributed by atoms with van der Waals surface area (Å²) in [5, 5.41) is 5.36. The molecule has 0 unspecified atom stereocenters. The second-order valence-electron chi connectivity index (χ2n) is 6.15. The summed E-state index contributed by atoms with van der Waals surface area (Å²) in [5.74, 6) is 0.993. The fourth-order valence-corrected chi connectivity index (χ4v) is 3.22. The maximum Gasteiger partial charge on any atom is 0.573 e. The predicted molar refractivity (Wildman–Crippen MR) is 107 cm³/mol. The Hall–Kier alpha value is -2.88. The number of H-pyrrole nitrogens is 1. The first kappa shape index (κ1) is 20.8. The number of ether oxygens (including phenoxy) is 1. The van der Waals surface area contributed by atoms with Crippen molar-refractivity contribution < 1.29 is 22.7 Å². The van der Waals surface area contributed by atoms with E-state index < -0.39 is 18.1 Å². The highest BCUT2D eigenvalue weighted by molar-refractivity contribution is 7.98. The summed E-state index contributed by atoms with van der Waals surface area (Å²) >= 11 is 1.63. The molecule has 1 heterocycles. The molecule has 0 saturated carbocycles. The van der Waals surface area contributed by atoms with E-state index >= 15 is 0 Å². The molecule has 2 aromatic carbocycles. The highest BCUT2D eigenvalue weighted by atomic mass is 32.2. The van der Waals surface area contributed by atoms with Gasteiger partial charge in [0.05, 0.1) is 17.1 Å². The molecule has 1 aromatic heterocycles. The number of thioether (sulfide) groups is 1. The van der Waals surface area contributed by atoms with E-state index in [1.54, 1.807) is 11.8 Å². The lowest BCUT2D eigenvalue weighted by Crippen LogP contribution is -2.33. The van der Waals surface area contributed by atoms with Gasteiger partial charge in [0.25, 0.3) is 0 Å². The number of halogens is 3. The Labute approximate surface area is 169 Å². The van der Waals surface area contributed by atoms with Gasteiger partial charge >= 0.3 is 12.4 Å². The van der Waals surface area contributed by atoms with Crippen LogP contribution in [0.25, 0.3) is 11.0 Å². The molecule has 29 heavy (non-hydrogen) atoms. The molecule has 3 N–H and O–H groups in total. The van der Waals surface area contributed by atoms with Gasteiger partial charge in [-0.05, 0) is 42.7 Å². The van der Waals surface area contributed by atoms with E-state index in [-0.39, 0.29) is 11.7 Å². The standard InChI is InChI=1S/C19H19F3N4O2S/c1-29-10-9-16(17-24-14-7-2-3-8-15(14)25-17)26-18(27)23-12-5-4-6-13(11-12)28-19(20,21)22/h2-8,11,16H,9-10H2,1H3,(H,24,25)(H2,23,26,27)/t16-/m0/s1. The van der Waals surface area contributed by atoms with Gasteiger partial charge in [-0.1, -0.05) is 18.2 Å². The lowest BCUT2D eigenvalue weighted by molar-refractivity contribution is -0.274. The number of urea groups is 1. The number of carbonyl (C=O) groups is 1. The Morgan fingerprint density at radius 3 is 2.76 bits per heavy atom. The Morgan fingerprint density at radius 1 is 1.24 bits per heavy atom. The molecule has 3 rings (SSSR count). The summed E-state index contributed by atoms with van der Waals surface area (Å²) in [7, 11) is 0. The number of para-hydroxylation sites is 2. The van der Waals surface area contributed by atoms with Gasteiger partial charge in [-0.15, -0.1) is 13.2 Å². The van der Waals surface area contributed by atoms with Crippen molar-refractivity contribution in [1.82, 2.24) is 15.3 Å². The summed E-state index contributed by atoms with van der Waals surface area (Å²) in [6.07, 6.45) is -2.21. The summed E-state index contributed by atoms with van der Waals surface area (Å²) < 4.78 is 41.0. The van der Waals surface area contributed by atoms with E-state index in [2.05, 4.69) is 25.3 Å². The van der Waals surface area contributed by atoms with Crippen LogP contribution < -0.4 is 15.4 Å². The number of aromatic amines is 1. The van der Waals surface area contributed by atoms with Crippen LogP contribution in [0.5, 0.6) is 5.75 Å². The molecule has 3 aromatic rings. The monoisotopic (exact) mass is 424 g/mol. The zero-order chi connectivity index (χ0) is 20.9. The lowest BCUT2D eigenvalue weighted by atomic mass is 10.2. The smallest absolute Gasteiger partial charge is 0.406 e. The Bertz CT molecular complexity index is 944. The average Bonchev–Trinajstić information content (AvgIpc) is 3.08. The number of hydrogen-bond acceptors (Lipinski definition) is 4. The minimum Gasteiger partial charge on any atom is -0.406 e. The number of alkyl halides is 3. The van der Waals surface area contributed by atoms with Gasteiger partial charge in [0.1, 0.15) is 11.6 Å². The van der Waals surface area contributed by atoms with Gasteiger partial charge in [-0.3, -0.25) is 0 Å². The van der Waals surface area contributed by atoms with Crippen molar-refractivity contribution in [3.63, 3.8) is 0 Å². The number of aromatic nitrogens is 2. The molecule has 0 spiro atoms. The third kappa shape index (κ3) is 6.05. The average molecular weight is 424 g/mol. The largest absolute Gasteiger partial charge is 0.573 e. The molecule has 0 radical (unpaired) electrons. The fraction of sp³-hybridized carbons (Fsp3) is 0.263. The normalized spacial score (nSPS) is 12.6. The number of nitrogens with zero attached hydrogens (tertiary/aromatic N) is 1. The van der Waals surface area contributed by atoms with Crippen molar-refractivity contribution in [2.24, 2.45) is 0 Å². The van der Waals surface area contributed by atoms with Crippen molar-refractivity contribution >= 4 is 34.5 Å². The van der Waals surface area contributed by atoms with E-state index in [0.29, 0.717) is 12.2 Å². The maximum absolute atomic E-state index is 12.4. The Morgan fingerprint density at radius 2 is 2.03 bits per heavy atom. The first-order chi connectivity index (χ1) is 13.8. The van der Waals surface area contributed by atoms with Crippen LogP contribution in [-0.2, 0) is 0 Å². The van der Waals surface area contributed by atoms with Gasteiger partial charge in [0, 0.05) is 11.8 Å². The molecule has 6 nitrogen and oxygen atoms in total. The molecule has 0 aliphatic carbocycles. The number of benzene rings is 2. The number of amides is 2. The Kier molecular flexibility index (Phi) is 6.53. The maximum atomic E-state index is 12.4. The molecule has 0 aliphatic rings. The zero-order valence-corrected chi connectivity index (χ0v) is 16.2. The zero-order valence-electron chi connectivity index (χ0n) is 15.4. The molecule has 1 atom stereocenters. The molecule has 0 aliphatic heterocycles. The lowest BCUT2D eigenvalue weighted by Gasteiger charge is -2.17. The van der Waals surface area contributed by atoms with Crippen LogP contribution in [-0.4, -0.2) is 34.4 Å². The number of hydrogen-bond donors (Lipinski definition) is 3. The number of fused-ring (bicyclic) bond motifs is 1. The number of carbonyl (C=O) groups excluding carboxylic acids is 1. The SMILES string of the molecule is CSCC[C@H](NC(=O)Nc1cccc(OC(F)(F)F)c1)c1nc2ccccc2[nH]1. The van der Waals surface area contributed by atoms with Gasteiger partial charge in [0.15, 0.2) is 0 Å². The summed E-state index contributed by atoms with van der Waals surface area (Å²) in [4.78, 5) is 20.2. The molecular formula is C19H19F3N4O2S. The molecule has 154 valence electrons. The van der Waals surface area contributed by atoms with Crippen molar-refractivity contribution in [3.05, 3.63) is 54.4 Å². The minimum absolute atomic E-state index is 0.178. The summed E-state index contributed by atoms with van der Waals surface area (Å²) in [6.45, 7) is 0. The van der Waals surface area contributed by atoms with Crippen LogP contribution in [0.2, 0.25) is 0 Å². The second-order valence-corrected chi connectivity index (χ2v) is 7.13. The third-order valence-electron chi connectivity index (χ3n) is 3.98. The molecule has 0 bridgehead atoms. The van der Waals surface area contributed by atoms with E-state index in [1.807, 2.05) is 30.5 Å². The van der Waals surface area contributed by atoms with E-state index in [0.717, 1.165) is 28.9 Å². The first-order valence-electron chi connectivity index (χ1n) is 8.71. The number of imidazole rings is 1. The van der Waals surface area contributed by atoms with Gasteiger partial charge in [-0.2, -0.15) is 11.8 Å². The highest BCUT2D eigenvalue weighted by Crippen LogP contribution is 2.25. The molecule has 2 amide bonds. The molecule has 0 saturated heterocycles. The van der Waals surface area contributed by atoms with Crippen LogP contribution in [0.1, 0.15) is 18.3 Å². The van der Waals surface area contributed by atoms with Crippen molar-refractivity contribution in [3.8, 4) is 5.75 Å².